The zero-order valence-electron chi connectivity index (χ0n) is 18.9. The quantitative estimate of drug-likeness (QED) is 0.627. The molecule has 1 aliphatic carbocycles. The van der Waals surface area contributed by atoms with Crippen LogP contribution in [0.15, 0.2) is 46.2 Å². The molecule has 4 rings (SSSR count). The minimum Gasteiger partial charge on any atom is -0.459 e. The molecule has 2 aromatic rings. The van der Waals surface area contributed by atoms with Crippen LogP contribution in [0.4, 0.5) is 0 Å². The second-order valence-corrected chi connectivity index (χ2v) is 10.4. The molecule has 5 nitrogen and oxygen atoms in total. The van der Waals surface area contributed by atoms with Crippen molar-refractivity contribution in [2.75, 3.05) is 0 Å². The highest BCUT2D eigenvalue weighted by molar-refractivity contribution is 7.16. The number of hydrogen-bond donors (Lipinski definition) is 1. The molecule has 1 saturated carbocycles. The van der Waals surface area contributed by atoms with Crippen molar-refractivity contribution in [3.05, 3.63) is 51.8 Å². The number of hydrogen-bond acceptors (Lipinski definition) is 6. The zero-order chi connectivity index (χ0) is 22.3. The van der Waals surface area contributed by atoms with Gasteiger partial charge in [0.2, 0.25) is 0 Å². The predicted octanol–water partition coefficient (Wildman–Crippen LogP) is 5.63. The van der Waals surface area contributed by atoms with Crippen LogP contribution in [0.25, 0.3) is 10.2 Å². The number of carbonyl (C=O) groups is 2. The van der Waals surface area contributed by atoms with Gasteiger partial charge in [-0.1, -0.05) is 19.9 Å². The Labute approximate surface area is 187 Å². The van der Waals surface area contributed by atoms with Crippen molar-refractivity contribution >= 4 is 33.3 Å². The number of fused-ring (bicyclic) bond motifs is 1. The van der Waals surface area contributed by atoms with Crippen LogP contribution in [-0.2, 0) is 14.3 Å². The molecule has 1 atom stereocenters. The fourth-order valence-electron chi connectivity index (χ4n) is 4.86. The molecular weight excluding hydrogens is 408 g/mol. The van der Waals surface area contributed by atoms with Crippen LogP contribution in [0.2, 0.25) is 0 Å². The molecule has 1 unspecified atom stereocenters. The van der Waals surface area contributed by atoms with Crippen molar-refractivity contribution in [2.45, 2.75) is 72.3 Å². The Hall–Kier alpha value is -2.47. The Morgan fingerprint density at radius 2 is 1.84 bits per heavy atom. The maximum Gasteiger partial charge on any atom is 0.337 e. The number of thiophene rings is 1. The summed E-state index contributed by atoms with van der Waals surface area (Å²) >= 11 is 1.53. The van der Waals surface area contributed by atoms with Gasteiger partial charge in [0, 0.05) is 34.5 Å². The van der Waals surface area contributed by atoms with E-state index in [1.807, 2.05) is 31.4 Å². The number of nitrogens with one attached hydrogen (secondary N) is 1. The third kappa shape index (κ3) is 4.18. The Morgan fingerprint density at radius 1 is 1.16 bits per heavy atom. The van der Waals surface area contributed by atoms with Gasteiger partial charge in [0.15, 0.2) is 5.78 Å². The minimum absolute atomic E-state index is 0.0459. The lowest BCUT2D eigenvalue weighted by Crippen LogP contribution is -2.34. The van der Waals surface area contributed by atoms with Gasteiger partial charge in [-0.2, -0.15) is 0 Å². The van der Waals surface area contributed by atoms with Gasteiger partial charge in [-0.3, -0.25) is 4.79 Å². The number of nitrogens with zero attached hydrogens (tertiary/aromatic N) is 1. The molecule has 1 fully saturated rings. The van der Waals surface area contributed by atoms with Crippen LogP contribution in [-0.4, -0.2) is 22.8 Å². The van der Waals surface area contributed by atoms with E-state index < -0.39 is 5.92 Å². The third-order valence-corrected chi connectivity index (χ3v) is 7.53. The fourth-order valence-corrected chi connectivity index (χ4v) is 5.80. The molecule has 2 aliphatic rings. The van der Waals surface area contributed by atoms with Gasteiger partial charge in [-0.05, 0) is 68.9 Å². The average molecular weight is 439 g/mol. The summed E-state index contributed by atoms with van der Waals surface area (Å²) < 4.78 is 6.02. The number of carbonyl (C=O) groups excluding carboxylic acids is 2. The standard InChI is InChI=1S/C25H30N2O3S/c1-14-20(16(3)28)22(19-13-31-23-18(19)7-6-12-26-23)21(15(2)27-14)24(29)30-17-8-10-25(4,5)11-9-17/h6-7,12-13,17,22,27H,8-11H2,1-5H3. The van der Waals surface area contributed by atoms with Crippen LogP contribution in [0.1, 0.15) is 71.8 Å². The number of dihydropyridines is 1. The first-order chi connectivity index (χ1) is 14.7. The molecule has 1 aliphatic heterocycles. The van der Waals surface area contributed by atoms with Gasteiger partial charge in [0.1, 0.15) is 10.9 Å². The maximum absolute atomic E-state index is 13.5. The molecule has 0 bridgehead atoms. The first kappa shape index (κ1) is 21.8. The minimum atomic E-state index is -0.454. The highest BCUT2D eigenvalue weighted by Gasteiger charge is 2.38. The van der Waals surface area contributed by atoms with Crippen LogP contribution in [0.5, 0.6) is 0 Å². The van der Waals surface area contributed by atoms with E-state index in [2.05, 4.69) is 24.1 Å². The molecule has 164 valence electrons. The summed E-state index contributed by atoms with van der Waals surface area (Å²) in [5.74, 6) is -0.825. The van der Waals surface area contributed by atoms with Crippen molar-refractivity contribution < 1.29 is 14.3 Å². The summed E-state index contributed by atoms with van der Waals surface area (Å²) in [5.41, 5.74) is 3.92. The molecule has 0 saturated heterocycles. The van der Waals surface area contributed by atoms with Gasteiger partial charge in [-0.25, -0.2) is 9.78 Å². The molecule has 0 aromatic carbocycles. The average Bonchev–Trinajstić information content (AvgIpc) is 3.12. The van der Waals surface area contributed by atoms with Crippen molar-refractivity contribution in [2.24, 2.45) is 5.41 Å². The lowest BCUT2D eigenvalue weighted by atomic mass is 9.76. The van der Waals surface area contributed by atoms with Crippen LogP contribution < -0.4 is 5.32 Å². The van der Waals surface area contributed by atoms with Crippen molar-refractivity contribution in [3.63, 3.8) is 0 Å². The van der Waals surface area contributed by atoms with Crippen LogP contribution in [0.3, 0.4) is 0 Å². The van der Waals surface area contributed by atoms with E-state index in [0.717, 1.165) is 52.9 Å². The second kappa shape index (κ2) is 8.23. The molecule has 0 radical (unpaired) electrons. The van der Waals surface area contributed by atoms with Gasteiger partial charge in [0.25, 0.3) is 0 Å². The predicted molar refractivity (Wildman–Crippen MR) is 124 cm³/mol. The van der Waals surface area contributed by atoms with Crippen LogP contribution in [0, 0.1) is 5.41 Å². The van der Waals surface area contributed by atoms with Gasteiger partial charge < -0.3 is 10.1 Å². The fraction of sp³-hybridized carbons (Fsp3) is 0.480. The smallest absolute Gasteiger partial charge is 0.337 e. The van der Waals surface area contributed by atoms with Crippen molar-refractivity contribution in [3.8, 4) is 0 Å². The molecule has 0 amide bonds. The third-order valence-electron chi connectivity index (χ3n) is 6.61. The summed E-state index contributed by atoms with van der Waals surface area (Å²) in [6.45, 7) is 9.88. The maximum atomic E-state index is 13.5. The zero-order valence-corrected chi connectivity index (χ0v) is 19.7. The number of rotatable bonds is 4. The number of pyridine rings is 1. The number of ether oxygens (including phenoxy) is 1. The van der Waals surface area contributed by atoms with E-state index in [1.165, 1.54) is 11.3 Å². The summed E-state index contributed by atoms with van der Waals surface area (Å²) in [6, 6.07) is 3.90. The first-order valence-electron chi connectivity index (χ1n) is 10.9. The number of ketones is 1. The lowest BCUT2D eigenvalue weighted by molar-refractivity contribution is -0.147. The second-order valence-electron chi connectivity index (χ2n) is 9.51. The molecular formula is C25H30N2O3S. The van der Waals surface area contributed by atoms with E-state index in [9.17, 15) is 9.59 Å². The number of allylic oxidation sites excluding steroid dienone is 3. The Bertz CT molecular complexity index is 1100. The van der Waals surface area contributed by atoms with E-state index in [0.29, 0.717) is 16.6 Å². The summed E-state index contributed by atoms with van der Waals surface area (Å²) in [4.78, 5) is 31.5. The van der Waals surface area contributed by atoms with E-state index >= 15 is 0 Å². The normalized spacial score (nSPS) is 21.9. The van der Waals surface area contributed by atoms with Gasteiger partial charge in [-0.15, -0.1) is 11.3 Å². The topological polar surface area (TPSA) is 68.3 Å². The SMILES string of the molecule is CC(=O)C1=C(C)NC(C)=C(C(=O)OC2CCC(C)(C)CC2)C1c1csc2ncccc12. The lowest BCUT2D eigenvalue weighted by Gasteiger charge is -2.35. The Balaban J connectivity index is 1.73. The molecule has 0 spiro atoms. The highest BCUT2D eigenvalue weighted by Crippen LogP contribution is 2.44. The van der Waals surface area contributed by atoms with Crippen LogP contribution >= 0.6 is 11.3 Å². The van der Waals surface area contributed by atoms with Gasteiger partial charge in [0.05, 0.1) is 5.57 Å². The molecule has 1 N–H and O–H groups in total. The van der Waals surface area contributed by atoms with E-state index in [1.54, 1.807) is 13.1 Å². The summed E-state index contributed by atoms with van der Waals surface area (Å²) in [5, 5.41) is 6.25. The summed E-state index contributed by atoms with van der Waals surface area (Å²) in [6.07, 6.45) is 5.53. The Morgan fingerprint density at radius 3 is 2.52 bits per heavy atom. The number of esters is 1. The number of aromatic nitrogens is 1. The highest BCUT2D eigenvalue weighted by atomic mass is 32.1. The Kier molecular flexibility index (Phi) is 5.77. The molecule has 31 heavy (non-hydrogen) atoms. The van der Waals surface area contributed by atoms with Gasteiger partial charge >= 0.3 is 5.97 Å². The van der Waals surface area contributed by atoms with Crippen molar-refractivity contribution in [1.82, 2.24) is 10.3 Å². The first-order valence-corrected chi connectivity index (χ1v) is 11.8. The summed E-state index contributed by atoms with van der Waals surface area (Å²) in [7, 11) is 0. The molecule has 6 heteroatoms. The van der Waals surface area contributed by atoms with E-state index in [-0.39, 0.29) is 17.9 Å². The van der Waals surface area contributed by atoms with E-state index in [4.69, 9.17) is 4.74 Å². The monoisotopic (exact) mass is 438 g/mol. The largest absolute Gasteiger partial charge is 0.459 e. The number of Topliss-reactive ketones (excluding diaryl/α,β-unsaturated/α-hetero) is 1. The molecule has 3 heterocycles. The molecule has 2 aromatic heterocycles. The van der Waals surface area contributed by atoms with Crippen molar-refractivity contribution in [1.29, 1.82) is 0 Å².